The number of carbonyl (C=O) groups is 1. The van der Waals surface area contributed by atoms with Gasteiger partial charge in [-0.15, -0.1) is 6.42 Å². The van der Waals surface area contributed by atoms with Crippen molar-refractivity contribution in [2.24, 2.45) is 0 Å². The highest BCUT2D eigenvalue weighted by Gasteiger charge is 2.14. The average molecular weight is 394 g/mol. The second kappa shape index (κ2) is 8.01. The van der Waals surface area contributed by atoms with Gasteiger partial charge in [0, 0.05) is 22.7 Å². The van der Waals surface area contributed by atoms with E-state index in [1.54, 1.807) is 18.2 Å². The lowest BCUT2D eigenvalue weighted by atomic mass is 10.1. The van der Waals surface area contributed by atoms with E-state index in [0.717, 1.165) is 16.5 Å². The minimum Gasteiger partial charge on any atom is -0.335 e. The number of nitrogens with one attached hydrogen (secondary N) is 1. The van der Waals surface area contributed by atoms with Crippen molar-refractivity contribution in [3.05, 3.63) is 69.8 Å². The average Bonchev–Trinajstić information content (AvgIpc) is 3.01. The van der Waals surface area contributed by atoms with E-state index >= 15 is 0 Å². The van der Waals surface area contributed by atoms with E-state index < -0.39 is 5.91 Å². The van der Waals surface area contributed by atoms with Crippen molar-refractivity contribution >= 4 is 51.8 Å². The van der Waals surface area contributed by atoms with Crippen molar-refractivity contribution in [3.63, 3.8) is 0 Å². The van der Waals surface area contributed by atoms with Crippen LogP contribution in [0.25, 0.3) is 17.0 Å². The normalized spacial score (nSPS) is 11.0. The van der Waals surface area contributed by atoms with Gasteiger partial charge in [-0.1, -0.05) is 53.4 Å². The van der Waals surface area contributed by atoms with Gasteiger partial charge >= 0.3 is 0 Å². The molecule has 1 aromatic heterocycles. The van der Waals surface area contributed by atoms with E-state index in [2.05, 4.69) is 11.2 Å². The molecule has 3 aromatic rings. The summed E-state index contributed by atoms with van der Waals surface area (Å²) < 4.78 is 1.89. The third-order valence-electron chi connectivity index (χ3n) is 3.95. The first-order valence-electron chi connectivity index (χ1n) is 7.93. The van der Waals surface area contributed by atoms with Gasteiger partial charge in [0.1, 0.15) is 11.6 Å². The van der Waals surface area contributed by atoms with Gasteiger partial charge in [0.25, 0.3) is 5.91 Å². The fourth-order valence-corrected chi connectivity index (χ4v) is 3.06. The first-order valence-corrected chi connectivity index (χ1v) is 8.69. The van der Waals surface area contributed by atoms with Gasteiger partial charge in [0.2, 0.25) is 0 Å². The number of anilines is 1. The number of rotatable bonds is 4. The molecule has 3 rings (SSSR count). The Kier molecular flexibility index (Phi) is 5.52. The minimum absolute atomic E-state index is 0.0605. The molecule has 0 spiro atoms. The molecule has 0 atom stereocenters. The van der Waals surface area contributed by atoms with Crippen LogP contribution in [0.3, 0.4) is 0 Å². The molecule has 6 heteroatoms. The maximum absolute atomic E-state index is 12.5. The van der Waals surface area contributed by atoms with E-state index in [4.69, 9.17) is 29.6 Å². The smallest absolute Gasteiger partial charge is 0.266 e. The number of para-hydroxylation sites is 1. The van der Waals surface area contributed by atoms with Crippen LogP contribution in [0.2, 0.25) is 10.0 Å². The van der Waals surface area contributed by atoms with Crippen LogP contribution in [0, 0.1) is 23.7 Å². The summed E-state index contributed by atoms with van der Waals surface area (Å²) in [5, 5.41) is 13.5. The molecule has 0 saturated heterocycles. The van der Waals surface area contributed by atoms with Crippen LogP contribution in [0.4, 0.5) is 5.69 Å². The first kappa shape index (κ1) is 18.6. The van der Waals surface area contributed by atoms with E-state index in [1.165, 1.54) is 6.08 Å². The molecule has 0 saturated carbocycles. The Morgan fingerprint density at radius 2 is 2.00 bits per heavy atom. The first-order chi connectivity index (χ1) is 13.0. The molecule has 0 fully saturated rings. The Bertz CT molecular complexity index is 1150. The summed E-state index contributed by atoms with van der Waals surface area (Å²) in [7, 11) is 0. The van der Waals surface area contributed by atoms with E-state index in [9.17, 15) is 10.1 Å². The summed E-state index contributed by atoms with van der Waals surface area (Å²) in [5.74, 6) is 2.02. The molecule has 27 heavy (non-hydrogen) atoms. The quantitative estimate of drug-likeness (QED) is 0.379. The van der Waals surface area contributed by atoms with Gasteiger partial charge in [-0.05, 0) is 24.3 Å². The molecule has 0 aliphatic rings. The highest BCUT2D eigenvalue weighted by atomic mass is 35.5. The van der Waals surface area contributed by atoms with Crippen LogP contribution in [-0.2, 0) is 11.3 Å². The molecule has 2 aromatic carbocycles. The number of terminal acetylenes is 1. The molecule has 132 valence electrons. The molecule has 0 unspecified atom stereocenters. The van der Waals surface area contributed by atoms with Gasteiger partial charge in [0.15, 0.2) is 0 Å². The summed E-state index contributed by atoms with van der Waals surface area (Å²) in [5.41, 5.74) is 1.93. The molecule has 0 aliphatic carbocycles. The molecule has 1 N–H and O–H groups in total. The van der Waals surface area contributed by atoms with Crippen LogP contribution in [0.1, 0.15) is 5.56 Å². The third kappa shape index (κ3) is 3.83. The number of aromatic nitrogens is 1. The van der Waals surface area contributed by atoms with Crippen LogP contribution in [0.15, 0.2) is 54.2 Å². The molecule has 4 nitrogen and oxygen atoms in total. The lowest BCUT2D eigenvalue weighted by Crippen LogP contribution is -2.13. The number of hydrogen-bond donors (Lipinski definition) is 1. The number of hydrogen-bond acceptors (Lipinski definition) is 2. The fraction of sp³-hybridized carbons (Fsp3) is 0.0476. The zero-order chi connectivity index (χ0) is 19.4. The number of nitriles is 1. The summed E-state index contributed by atoms with van der Waals surface area (Å²) >= 11 is 12.0. The van der Waals surface area contributed by atoms with Crippen LogP contribution < -0.4 is 5.32 Å². The van der Waals surface area contributed by atoms with Gasteiger partial charge in [-0.25, -0.2) is 0 Å². The Labute approximate surface area is 166 Å². The zero-order valence-electron chi connectivity index (χ0n) is 14.0. The Hall–Kier alpha value is -3.18. The summed E-state index contributed by atoms with van der Waals surface area (Å²) in [6.45, 7) is 0.389. The number of amides is 1. The Balaban J connectivity index is 1.99. The zero-order valence-corrected chi connectivity index (χ0v) is 15.6. The Morgan fingerprint density at radius 3 is 2.74 bits per heavy atom. The molecule has 1 amide bonds. The third-order valence-corrected chi connectivity index (χ3v) is 4.76. The van der Waals surface area contributed by atoms with Crippen LogP contribution >= 0.6 is 23.2 Å². The van der Waals surface area contributed by atoms with Gasteiger partial charge < -0.3 is 9.88 Å². The molecular formula is C21H13Cl2N3O. The minimum atomic E-state index is -0.574. The van der Waals surface area contributed by atoms with E-state index in [0.29, 0.717) is 17.3 Å². The number of halogens is 2. The van der Waals surface area contributed by atoms with Gasteiger partial charge in [-0.2, -0.15) is 5.26 Å². The van der Waals surface area contributed by atoms with Crippen molar-refractivity contribution < 1.29 is 4.79 Å². The SMILES string of the molecule is C#CCn1cc(/C=C(/C#N)C(=O)Nc2cccc(Cl)c2Cl)c2ccccc21. The lowest BCUT2D eigenvalue weighted by molar-refractivity contribution is -0.112. The second-order valence-corrected chi connectivity index (χ2v) is 6.44. The van der Waals surface area contributed by atoms with Crippen molar-refractivity contribution in [1.29, 1.82) is 5.26 Å². The highest BCUT2D eigenvalue weighted by molar-refractivity contribution is 6.44. The standard InChI is InChI=1S/C21H13Cl2N3O/c1-2-10-26-13-15(16-6-3-4-9-19(16)26)11-14(12-24)21(27)25-18-8-5-7-17(22)20(18)23/h1,3-9,11,13H,10H2,(H,25,27)/b14-11-. The van der Waals surface area contributed by atoms with Gasteiger partial charge in [-0.3, -0.25) is 4.79 Å². The Morgan fingerprint density at radius 1 is 1.22 bits per heavy atom. The molecular weight excluding hydrogens is 381 g/mol. The molecule has 0 aliphatic heterocycles. The number of carbonyl (C=O) groups excluding carboxylic acids is 1. The van der Waals surface area contributed by atoms with Crippen molar-refractivity contribution in [2.45, 2.75) is 6.54 Å². The molecule has 0 bridgehead atoms. The van der Waals surface area contributed by atoms with Crippen molar-refractivity contribution in [1.82, 2.24) is 4.57 Å². The maximum atomic E-state index is 12.5. The van der Waals surface area contributed by atoms with E-state index in [-0.39, 0.29) is 10.6 Å². The van der Waals surface area contributed by atoms with Crippen molar-refractivity contribution in [2.75, 3.05) is 5.32 Å². The lowest BCUT2D eigenvalue weighted by Gasteiger charge is -2.07. The predicted octanol–water partition coefficient (Wildman–Crippen LogP) is 5.13. The fourth-order valence-electron chi connectivity index (χ4n) is 2.71. The molecule has 1 heterocycles. The summed E-state index contributed by atoms with van der Waals surface area (Å²) in [4.78, 5) is 12.5. The van der Waals surface area contributed by atoms with Crippen LogP contribution in [0.5, 0.6) is 0 Å². The monoisotopic (exact) mass is 393 g/mol. The highest BCUT2D eigenvalue weighted by Crippen LogP contribution is 2.30. The molecule has 0 radical (unpaired) electrons. The number of fused-ring (bicyclic) bond motifs is 1. The van der Waals surface area contributed by atoms with Crippen LogP contribution in [-0.4, -0.2) is 10.5 Å². The van der Waals surface area contributed by atoms with Crippen molar-refractivity contribution in [3.8, 4) is 18.4 Å². The second-order valence-electron chi connectivity index (χ2n) is 5.66. The summed E-state index contributed by atoms with van der Waals surface area (Å²) in [6.07, 6.45) is 8.77. The number of benzene rings is 2. The largest absolute Gasteiger partial charge is 0.335 e. The number of nitrogens with zero attached hydrogens (tertiary/aromatic N) is 2. The predicted molar refractivity (Wildman–Crippen MR) is 109 cm³/mol. The summed E-state index contributed by atoms with van der Waals surface area (Å²) in [6, 6.07) is 14.5. The van der Waals surface area contributed by atoms with Gasteiger partial charge in [0.05, 0.1) is 22.3 Å². The maximum Gasteiger partial charge on any atom is 0.266 e. The topological polar surface area (TPSA) is 57.8 Å². The van der Waals surface area contributed by atoms with E-state index in [1.807, 2.05) is 41.1 Å².